The van der Waals surface area contributed by atoms with E-state index in [1.165, 1.54) is 0 Å². The highest BCUT2D eigenvalue weighted by Crippen LogP contribution is 2.36. The molecule has 0 radical (unpaired) electrons. The van der Waals surface area contributed by atoms with Crippen LogP contribution in [0.1, 0.15) is 15.9 Å². The molecule has 0 N–H and O–H groups in total. The van der Waals surface area contributed by atoms with Crippen LogP contribution in [0.5, 0.6) is 0 Å². The van der Waals surface area contributed by atoms with Gasteiger partial charge >= 0.3 is 6.18 Å². The van der Waals surface area contributed by atoms with E-state index in [0.29, 0.717) is 6.07 Å². The molecular weight excluding hydrogens is 259 g/mol. The van der Waals surface area contributed by atoms with E-state index in [2.05, 4.69) is 0 Å². The number of alkyl halides is 3. The molecule has 1 aromatic carbocycles. The maximum absolute atomic E-state index is 12.9. The standard InChI is InChI=1S/C8H2Cl2F4O/c9-5-2-6(11)3(7(10)15)1-4(5)8(12,13)14/h1-2H. The normalized spacial score (nSPS) is 11.6. The lowest BCUT2D eigenvalue weighted by molar-refractivity contribution is -0.137. The molecule has 1 aromatic rings. The Balaban J connectivity index is 3.43. The van der Waals surface area contributed by atoms with Crippen LogP contribution in [0.4, 0.5) is 17.6 Å². The highest BCUT2D eigenvalue weighted by Gasteiger charge is 2.34. The molecule has 0 heterocycles. The number of hydrogen-bond acceptors (Lipinski definition) is 1. The number of benzene rings is 1. The van der Waals surface area contributed by atoms with Crippen LogP contribution in [-0.4, -0.2) is 5.24 Å². The Labute approximate surface area is 91.6 Å². The maximum atomic E-state index is 12.9. The SMILES string of the molecule is O=C(Cl)c1cc(C(F)(F)F)c(Cl)cc1F. The first kappa shape index (κ1) is 12.3. The zero-order valence-electron chi connectivity index (χ0n) is 6.83. The van der Waals surface area contributed by atoms with Gasteiger partial charge in [0.05, 0.1) is 16.1 Å². The Morgan fingerprint density at radius 1 is 1.27 bits per heavy atom. The van der Waals surface area contributed by atoms with E-state index in [4.69, 9.17) is 23.2 Å². The molecule has 0 fully saturated rings. The molecule has 0 saturated heterocycles. The second-order valence-corrected chi connectivity index (χ2v) is 3.33. The van der Waals surface area contributed by atoms with E-state index in [1.54, 1.807) is 0 Å². The molecule has 82 valence electrons. The van der Waals surface area contributed by atoms with Crippen LogP contribution in [0, 0.1) is 5.82 Å². The molecule has 0 amide bonds. The smallest absolute Gasteiger partial charge is 0.275 e. The van der Waals surface area contributed by atoms with E-state index >= 15 is 0 Å². The minimum atomic E-state index is -4.76. The van der Waals surface area contributed by atoms with Gasteiger partial charge in [-0.2, -0.15) is 13.2 Å². The highest BCUT2D eigenvalue weighted by atomic mass is 35.5. The lowest BCUT2D eigenvalue weighted by atomic mass is 10.1. The molecule has 0 spiro atoms. The van der Waals surface area contributed by atoms with Crippen LogP contribution in [0.25, 0.3) is 0 Å². The first-order valence-corrected chi connectivity index (χ1v) is 4.25. The predicted molar refractivity (Wildman–Crippen MR) is 46.6 cm³/mol. The van der Waals surface area contributed by atoms with Gasteiger partial charge in [0.2, 0.25) is 0 Å². The topological polar surface area (TPSA) is 17.1 Å². The minimum absolute atomic E-state index is 0.285. The van der Waals surface area contributed by atoms with Crippen molar-refractivity contribution in [3.8, 4) is 0 Å². The van der Waals surface area contributed by atoms with Gasteiger partial charge in [-0.1, -0.05) is 11.6 Å². The molecule has 0 aliphatic heterocycles. The first-order chi connectivity index (χ1) is 6.73. The third-order valence-electron chi connectivity index (χ3n) is 1.57. The first-order valence-electron chi connectivity index (χ1n) is 3.49. The molecule has 15 heavy (non-hydrogen) atoms. The van der Waals surface area contributed by atoms with Crippen molar-refractivity contribution >= 4 is 28.4 Å². The van der Waals surface area contributed by atoms with Crippen LogP contribution >= 0.6 is 23.2 Å². The summed E-state index contributed by atoms with van der Waals surface area (Å²) in [5.74, 6) is -1.19. The van der Waals surface area contributed by atoms with Gasteiger partial charge < -0.3 is 0 Å². The van der Waals surface area contributed by atoms with Gasteiger partial charge in [-0.3, -0.25) is 4.79 Å². The second-order valence-electron chi connectivity index (χ2n) is 2.58. The van der Waals surface area contributed by atoms with Crippen molar-refractivity contribution in [3.05, 3.63) is 34.1 Å². The Hall–Kier alpha value is -0.810. The average molecular weight is 261 g/mol. The molecule has 0 bridgehead atoms. The Morgan fingerprint density at radius 2 is 1.80 bits per heavy atom. The lowest BCUT2D eigenvalue weighted by Crippen LogP contribution is -2.08. The number of rotatable bonds is 1. The van der Waals surface area contributed by atoms with Crippen molar-refractivity contribution < 1.29 is 22.4 Å². The van der Waals surface area contributed by atoms with Gasteiger partial charge in [0.15, 0.2) is 0 Å². The molecule has 0 aliphatic carbocycles. The zero-order chi connectivity index (χ0) is 11.8. The van der Waals surface area contributed by atoms with E-state index in [-0.39, 0.29) is 6.07 Å². The summed E-state index contributed by atoms with van der Waals surface area (Å²) >= 11 is 10.1. The number of carbonyl (C=O) groups is 1. The third kappa shape index (κ3) is 2.60. The highest BCUT2D eigenvalue weighted by molar-refractivity contribution is 6.67. The molecule has 0 saturated carbocycles. The number of hydrogen-bond donors (Lipinski definition) is 0. The molecule has 0 unspecified atom stereocenters. The summed E-state index contributed by atoms with van der Waals surface area (Å²) < 4.78 is 49.7. The fraction of sp³-hybridized carbons (Fsp3) is 0.125. The summed E-state index contributed by atoms with van der Waals surface area (Å²) in [5.41, 5.74) is -2.15. The molecule has 0 aliphatic rings. The summed E-state index contributed by atoms with van der Waals surface area (Å²) in [6, 6.07) is 0.687. The predicted octanol–water partition coefficient (Wildman–Crippen LogP) is 3.88. The molecule has 0 aromatic heterocycles. The van der Waals surface area contributed by atoms with E-state index in [9.17, 15) is 22.4 Å². The molecule has 7 heteroatoms. The quantitative estimate of drug-likeness (QED) is 0.553. The summed E-state index contributed by atoms with van der Waals surface area (Å²) in [6.45, 7) is 0. The van der Waals surface area contributed by atoms with Crippen molar-refractivity contribution in [2.24, 2.45) is 0 Å². The monoisotopic (exact) mass is 260 g/mol. The second kappa shape index (κ2) is 3.98. The largest absolute Gasteiger partial charge is 0.417 e. The third-order valence-corrected chi connectivity index (χ3v) is 2.09. The molecule has 1 rings (SSSR count). The Kier molecular flexibility index (Phi) is 3.25. The van der Waals surface area contributed by atoms with E-state index in [0.717, 1.165) is 0 Å². The van der Waals surface area contributed by atoms with Crippen molar-refractivity contribution in [1.29, 1.82) is 0 Å². The van der Waals surface area contributed by atoms with Gasteiger partial charge in [-0.25, -0.2) is 4.39 Å². The minimum Gasteiger partial charge on any atom is -0.275 e. The molecule has 0 atom stereocenters. The van der Waals surface area contributed by atoms with Crippen molar-refractivity contribution in [1.82, 2.24) is 0 Å². The van der Waals surface area contributed by atoms with Crippen LogP contribution in [0.3, 0.4) is 0 Å². The fourth-order valence-corrected chi connectivity index (χ4v) is 1.32. The summed E-state index contributed by atoms with van der Waals surface area (Å²) in [6.07, 6.45) is -4.76. The number of halogens is 6. The Morgan fingerprint density at radius 3 is 2.20 bits per heavy atom. The maximum Gasteiger partial charge on any atom is 0.417 e. The van der Waals surface area contributed by atoms with Crippen molar-refractivity contribution in [2.45, 2.75) is 6.18 Å². The van der Waals surface area contributed by atoms with E-state index in [1.807, 2.05) is 0 Å². The lowest BCUT2D eigenvalue weighted by Gasteiger charge is -2.10. The van der Waals surface area contributed by atoms with Gasteiger partial charge in [-0.15, -0.1) is 0 Å². The van der Waals surface area contributed by atoms with Crippen molar-refractivity contribution in [3.63, 3.8) is 0 Å². The van der Waals surface area contributed by atoms with Crippen LogP contribution in [0.2, 0.25) is 5.02 Å². The van der Waals surface area contributed by atoms with Gasteiger partial charge in [0, 0.05) is 0 Å². The molecular formula is C8H2Cl2F4O. The van der Waals surface area contributed by atoms with Gasteiger partial charge in [0.25, 0.3) is 5.24 Å². The fourth-order valence-electron chi connectivity index (χ4n) is 0.917. The van der Waals surface area contributed by atoms with Crippen LogP contribution in [-0.2, 0) is 6.18 Å². The number of carbonyl (C=O) groups excluding carboxylic acids is 1. The van der Waals surface area contributed by atoms with Gasteiger partial charge in [-0.05, 0) is 23.7 Å². The average Bonchev–Trinajstić information content (AvgIpc) is 2.00. The van der Waals surface area contributed by atoms with Crippen LogP contribution < -0.4 is 0 Å². The van der Waals surface area contributed by atoms with Crippen molar-refractivity contribution in [2.75, 3.05) is 0 Å². The summed E-state index contributed by atoms with van der Waals surface area (Å²) in [4.78, 5) is 10.6. The van der Waals surface area contributed by atoms with E-state index < -0.39 is 33.4 Å². The van der Waals surface area contributed by atoms with Gasteiger partial charge in [0.1, 0.15) is 5.82 Å². The summed E-state index contributed by atoms with van der Waals surface area (Å²) in [7, 11) is 0. The Bertz CT molecular complexity index is 414. The molecule has 1 nitrogen and oxygen atoms in total. The van der Waals surface area contributed by atoms with Crippen LogP contribution in [0.15, 0.2) is 12.1 Å². The summed E-state index contributed by atoms with van der Waals surface area (Å²) in [5, 5.41) is -2.13. The zero-order valence-corrected chi connectivity index (χ0v) is 8.34.